The van der Waals surface area contributed by atoms with Crippen LogP contribution in [0.4, 0.5) is 0 Å². The molecule has 2 N–H and O–H groups in total. The second-order valence-electron chi connectivity index (χ2n) is 3.50. The number of carbonyl (C=O) groups excluding carboxylic acids is 1. The molecule has 1 saturated heterocycles. The van der Waals surface area contributed by atoms with Gasteiger partial charge in [-0.25, -0.2) is 0 Å². The Bertz CT molecular complexity index is 296. The monoisotopic (exact) mass is 246 g/mol. The van der Waals surface area contributed by atoms with Crippen LogP contribution in [0.15, 0.2) is 16.8 Å². The van der Waals surface area contributed by atoms with E-state index >= 15 is 0 Å². The lowest BCUT2D eigenvalue weighted by molar-refractivity contribution is -0.122. The van der Waals surface area contributed by atoms with Crippen LogP contribution < -0.4 is 10.6 Å². The topological polar surface area (TPSA) is 41.1 Å². The number of hydrogen-bond acceptors (Lipinski definition) is 3. The molecule has 1 aromatic rings. The van der Waals surface area contributed by atoms with E-state index in [2.05, 4.69) is 16.0 Å². The summed E-state index contributed by atoms with van der Waals surface area (Å²) in [6.07, 6.45) is 2.08. The Labute approximate surface area is 99.7 Å². The molecule has 2 heterocycles. The highest BCUT2D eigenvalue weighted by molar-refractivity contribution is 7.07. The molecule has 1 atom stereocenters. The van der Waals surface area contributed by atoms with E-state index in [9.17, 15) is 4.79 Å². The average Bonchev–Trinajstić information content (AvgIpc) is 2.87. The Morgan fingerprint density at radius 1 is 1.67 bits per heavy atom. The lowest BCUT2D eigenvalue weighted by atomic mass is 10.2. The van der Waals surface area contributed by atoms with Gasteiger partial charge >= 0.3 is 0 Å². The lowest BCUT2D eigenvalue weighted by Crippen LogP contribution is -2.39. The molecule has 0 aromatic carbocycles. The summed E-state index contributed by atoms with van der Waals surface area (Å²) < 4.78 is 0. The molecule has 1 aliphatic rings. The zero-order valence-corrected chi connectivity index (χ0v) is 10.00. The van der Waals surface area contributed by atoms with Crippen LogP contribution in [-0.4, -0.2) is 18.5 Å². The highest BCUT2D eigenvalue weighted by Crippen LogP contribution is 2.07. The summed E-state index contributed by atoms with van der Waals surface area (Å²) in [5.74, 6) is 0.133. The highest BCUT2D eigenvalue weighted by atomic mass is 35.5. The van der Waals surface area contributed by atoms with Crippen LogP contribution in [-0.2, 0) is 11.3 Å². The van der Waals surface area contributed by atoms with Crippen molar-refractivity contribution in [1.29, 1.82) is 0 Å². The van der Waals surface area contributed by atoms with E-state index in [0.29, 0.717) is 6.54 Å². The van der Waals surface area contributed by atoms with Gasteiger partial charge in [0, 0.05) is 6.54 Å². The Morgan fingerprint density at radius 3 is 3.13 bits per heavy atom. The minimum Gasteiger partial charge on any atom is -0.351 e. The molecule has 0 bridgehead atoms. The number of halogens is 1. The largest absolute Gasteiger partial charge is 0.351 e. The molecule has 15 heavy (non-hydrogen) atoms. The minimum absolute atomic E-state index is 0. The van der Waals surface area contributed by atoms with E-state index in [1.165, 1.54) is 5.56 Å². The summed E-state index contributed by atoms with van der Waals surface area (Å²) in [7, 11) is 0. The molecule has 0 radical (unpaired) electrons. The first kappa shape index (κ1) is 12.5. The number of carbonyl (C=O) groups is 1. The molecule has 3 nitrogen and oxygen atoms in total. The molecular formula is C10H15ClN2OS. The SMILES string of the molecule is Cl.O=C(NCc1ccsc1)C1CCCN1. The van der Waals surface area contributed by atoms with E-state index in [1.807, 2.05) is 11.4 Å². The van der Waals surface area contributed by atoms with Crippen LogP contribution in [0.1, 0.15) is 18.4 Å². The van der Waals surface area contributed by atoms with Gasteiger partial charge in [-0.1, -0.05) is 0 Å². The third-order valence-electron chi connectivity index (χ3n) is 2.42. The zero-order valence-electron chi connectivity index (χ0n) is 8.36. The summed E-state index contributed by atoms with van der Waals surface area (Å²) in [4.78, 5) is 11.6. The van der Waals surface area contributed by atoms with Gasteiger partial charge in [-0.05, 0) is 41.8 Å². The van der Waals surface area contributed by atoms with Crippen molar-refractivity contribution in [3.8, 4) is 0 Å². The summed E-state index contributed by atoms with van der Waals surface area (Å²) in [5.41, 5.74) is 1.18. The van der Waals surface area contributed by atoms with Crippen molar-refractivity contribution in [1.82, 2.24) is 10.6 Å². The molecule has 0 spiro atoms. The minimum atomic E-state index is 0. The van der Waals surface area contributed by atoms with Gasteiger partial charge in [-0.15, -0.1) is 12.4 Å². The Kier molecular flexibility index (Phi) is 5.08. The maximum atomic E-state index is 11.6. The molecule has 1 aliphatic heterocycles. The van der Waals surface area contributed by atoms with E-state index in [-0.39, 0.29) is 24.4 Å². The highest BCUT2D eigenvalue weighted by Gasteiger charge is 2.21. The van der Waals surface area contributed by atoms with Gasteiger partial charge in [-0.2, -0.15) is 11.3 Å². The standard InChI is InChI=1S/C10H14N2OS.ClH/c13-10(9-2-1-4-11-9)12-6-8-3-5-14-7-8;/h3,5,7,9,11H,1-2,4,6H2,(H,12,13);1H. The van der Waals surface area contributed by atoms with Crippen molar-refractivity contribution in [3.63, 3.8) is 0 Å². The van der Waals surface area contributed by atoms with Gasteiger partial charge < -0.3 is 10.6 Å². The summed E-state index contributed by atoms with van der Waals surface area (Å²) in [5, 5.41) is 10.2. The van der Waals surface area contributed by atoms with Crippen molar-refractivity contribution in [3.05, 3.63) is 22.4 Å². The first-order valence-electron chi connectivity index (χ1n) is 4.88. The Balaban J connectivity index is 0.00000112. The van der Waals surface area contributed by atoms with Crippen molar-refractivity contribution in [2.24, 2.45) is 0 Å². The fourth-order valence-electron chi connectivity index (χ4n) is 1.61. The van der Waals surface area contributed by atoms with Crippen LogP contribution in [0.5, 0.6) is 0 Å². The van der Waals surface area contributed by atoms with Gasteiger partial charge in [0.2, 0.25) is 5.91 Å². The third kappa shape index (κ3) is 3.48. The van der Waals surface area contributed by atoms with Crippen LogP contribution in [0.25, 0.3) is 0 Å². The number of hydrogen-bond donors (Lipinski definition) is 2. The van der Waals surface area contributed by atoms with Gasteiger partial charge in [-0.3, -0.25) is 4.79 Å². The average molecular weight is 247 g/mol. The molecule has 2 rings (SSSR count). The molecule has 1 aromatic heterocycles. The summed E-state index contributed by atoms with van der Waals surface area (Å²) in [6, 6.07) is 2.07. The molecule has 1 fully saturated rings. The molecule has 84 valence electrons. The Hall–Kier alpha value is -0.580. The lowest BCUT2D eigenvalue weighted by Gasteiger charge is -2.09. The molecule has 0 aliphatic carbocycles. The van der Waals surface area contributed by atoms with Crippen molar-refractivity contribution in [2.75, 3.05) is 6.54 Å². The van der Waals surface area contributed by atoms with Gasteiger partial charge in [0.15, 0.2) is 0 Å². The quantitative estimate of drug-likeness (QED) is 0.850. The van der Waals surface area contributed by atoms with E-state index in [1.54, 1.807) is 11.3 Å². The molecule has 1 amide bonds. The van der Waals surface area contributed by atoms with Crippen molar-refractivity contribution in [2.45, 2.75) is 25.4 Å². The molecule has 5 heteroatoms. The predicted molar refractivity (Wildman–Crippen MR) is 64.4 cm³/mol. The van der Waals surface area contributed by atoms with Gasteiger partial charge in [0.1, 0.15) is 0 Å². The number of nitrogens with one attached hydrogen (secondary N) is 2. The number of amides is 1. The summed E-state index contributed by atoms with van der Waals surface area (Å²) in [6.45, 7) is 1.62. The molecule has 1 unspecified atom stereocenters. The van der Waals surface area contributed by atoms with Gasteiger partial charge in [0.25, 0.3) is 0 Å². The Morgan fingerprint density at radius 2 is 2.53 bits per heavy atom. The van der Waals surface area contributed by atoms with Crippen LogP contribution in [0, 0.1) is 0 Å². The molecule has 0 saturated carbocycles. The van der Waals surface area contributed by atoms with E-state index < -0.39 is 0 Å². The van der Waals surface area contributed by atoms with Crippen molar-refractivity contribution < 1.29 is 4.79 Å². The van der Waals surface area contributed by atoms with E-state index in [4.69, 9.17) is 0 Å². The van der Waals surface area contributed by atoms with Crippen LogP contribution >= 0.6 is 23.7 Å². The smallest absolute Gasteiger partial charge is 0.237 e. The molecular weight excluding hydrogens is 232 g/mol. The summed E-state index contributed by atoms with van der Waals surface area (Å²) >= 11 is 1.66. The fourth-order valence-corrected chi connectivity index (χ4v) is 2.28. The zero-order chi connectivity index (χ0) is 9.80. The van der Waals surface area contributed by atoms with Crippen LogP contribution in [0.2, 0.25) is 0 Å². The first-order valence-corrected chi connectivity index (χ1v) is 5.83. The van der Waals surface area contributed by atoms with E-state index in [0.717, 1.165) is 19.4 Å². The van der Waals surface area contributed by atoms with Crippen molar-refractivity contribution >= 4 is 29.7 Å². The number of thiophene rings is 1. The predicted octanol–water partition coefficient (Wildman–Crippen LogP) is 1.54. The van der Waals surface area contributed by atoms with Gasteiger partial charge in [0.05, 0.1) is 6.04 Å². The maximum absolute atomic E-state index is 11.6. The first-order chi connectivity index (χ1) is 6.86. The fraction of sp³-hybridized carbons (Fsp3) is 0.500. The second-order valence-corrected chi connectivity index (χ2v) is 4.28. The second kappa shape index (κ2) is 6.10. The third-order valence-corrected chi connectivity index (χ3v) is 3.16. The number of rotatable bonds is 3. The maximum Gasteiger partial charge on any atom is 0.237 e. The normalized spacial score (nSPS) is 19.6. The van der Waals surface area contributed by atoms with Crippen LogP contribution in [0.3, 0.4) is 0 Å².